The molecule has 214 valence electrons. The molecule has 0 aliphatic carbocycles. The van der Waals surface area contributed by atoms with E-state index >= 15 is 0 Å². The molecule has 0 saturated heterocycles. The van der Waals surface area contributed by atoms with Crippen LogP contribution in [0, 0.1) is 0 Å². The van der Waals surface area contributed by atoms with E-state index in [1.165, 1.54) is 24.1 Å². The monoisotopic (exact) mass is 585 g/mol. The highest BCUT2D eigenvalue weighted by atomic mass is 35.5. The van der Waals surface area contributed by atoms with Crippen molar-refractivity contribution < 1.29 is 22.7 Å². The van der Waals surface area contributed by atoms with Crippen LogP contribution >= 0.6 is 11.6 Å². The summed E-state index contributed by atoms with van der Waals surface area (Å²) < 4.78 is 34.0. The van der Waals surface area contributed by atoms with E-state index in [-0.39, 0.29) is 23.4 Å². The molecule has 0 fully saturated rings. The summed E-state index contributed by atoms with van der Waals surface area (Å²) in [6.07, 6.45) is 1.07. The Morgan fingerprint density at radius 2 is 1.55 bits per heavy atom. The van der Waals surface area contributed by atoms with Crippen LogP contribution in [0.15, 0.2) is 83.8 Å². The summed E-state index contributed by atoms with van der Waals surface area (Å²) in [5, 5.41) is 3.51. The molecule has 8 nitrogen and oxygen atoms in total. The summed E-state index contributed by atoms with van der Waals surface area (Å²) in [5.41, 5.74) is 1.05. The minimum Gasteiger partial charge on any atom is -0.497 e. The Balaban J connectivity index is 2.04. The molecule has 0 spiro atoms. The highest BCUT2D eigenvalue weighted by molar-refractivity contribution is 7.92. The number of methoxy groups -OCH3 is 1. The molecule has 0 saturated carbocycles. The van der Waals surface area contributed by atoms with Gasteiger partial charge < -0.3 is 15.0 Å². The van der Waals surface area contributed by atoms with Crippen LogP contribution < -0.4 is 14.4 Å². The molecule has 2 amide bonds. The molecule has 3 aromatic rings. The summed E-state index contributed by atoms with van der Waals surface area (Å²) in [6.45, 7) is 5.27. The second kappa shape index (κ2) is 14.2. The Hall–Kier alpha value is -3.56. The minimum atomic E-state index is -4.13. The Morgan fingerprint density at radius 3 is 2.10 bits per heavy atom. The lowest BCUT2D eigenvalue weighted by atomic mass is 10.1. The fourth-order valence-corrected chi connectivity index (χ4v) is 5.71. The molecule has 0 aliphatic heterocycles. The fourth-order valence-electron chi connectivity index (χ4n) is 4.14. The first-order chi connectivity index (χ1) is 19.1. The van der Waals surface area contributed by atoms with Gasteiger partial charge in [0.15, 0.2) is 0 Å². The quantitative estimate of drug-likeness (QED) is 0.295. The molecule has 0 aliphatic rings. The van der Waals surface area contributed by atoms with Gasteiger partial charge in [-0.15, -0.1) is 0 Å². The highest BCUT2D eigenvalue weighted by Gasteiger charge is 2.34. The third-order valence-electron chi connectivity index (χ3n) is 6.62. The molecule has 0 bridgehead atoms. The van der Waals surface area contributed by atoms with Gasteiger partial charge in [-0.25, -0.2) is 8.42 Å². The number of nitrogens with one attached hydrogen (secondary N) is 1. The largest absolute Gasteiger partial charge is 0.497 e. The van der Waals surface area contributed by atoms with Crippen molar-refractivity contribution in [1.82, 2.24) is 10.2 Å². The molecular weight excluding hydrogens is 550 g/mol. The third kappa shape index (κ3) is 7.76. The Kier molecular flexibility index (Phi) is 11.0. The predicted octanol–water partition coefficient (Wildman–Crippen LogP) is 5.27. The summed E-state index contributed by atoms with van der Waals surface area (Å²) >= 11 is 6.06. The molecular formula is C30H36ClN3O5S. The zero-order valence-electron chi connectivity index (χ0n) is 23.2. The van der Waals surface area contributed by atoms with Gasteiger partial charge in [-0.05, 0) is 73.9 Å². The van der Waals surface area contributed by atoms with Gasteiger partial charge in [0.25, 0.3) is 10.0 Å². The Bertz CT molecular complexity index is 1370. The number of carbonyl (C=O) groups excluding carboxylic acids is 2. The van der Waals surface area contributed by atoms with E-state index in [0.717, 1.165) is 16.3 Å². The van der Waals surface area contributed by atoms with Crippen LogP contribution in [0.25, 0.3) is 0 Å². The molecule has 2 atom stereocenters. The number of rotatable bonds is 13. The average molecular weight is 586 g/mol. The zero-order valence-corrected chi connectivity index (χ0v) is 24.8. The number of nitrogens with zero attached hydrogens (tertiary/aromatic N) is 2. The zero-order chi connectivity index (χ0) is 29.3. The molecule has 1 N–H and O–H groups in total. The maximum absolute atomic E-state index is 14.0. The van der Waals surface area contributed by atoms with Crippen molar-refractivity contribution in [2.45, 2.75) is 57.1 Å². The van der Waals surface area contributed by atoms with Crippen LogP contribution in [0.1, 0.15) is 39.2 Å². The average Bonchev–Trinajstić information content (AvgIpc) is 2.97. The van der Waals surface area contributed by atoms with E-state index in [0.29, 0.717) is 22.9 Å². The molecule has 3 rings (SSSR count). The molecule has 0 unspecified atom stereocenters. The first-order valence-corrected chi connectivity index (χ1v) is 15.0. The van der Waals surface area contributed by atoms with Crippen molar-refractivity contribution >= 4 is 39.1 Å². The summed E-state index contributed by atoms with van der Waals surface area (Å²) in [7, 11) is -2.61. The predicted molar refractivity (Wildman–Crippen MR) is 158 cm³/mol. The van der Waals surface area contributed by atoms with Crippen molar-refractivity contribution in [3.63, 3.8) is 0 Å². The van der Waals surface area contributed by atoms with Crippen LogP contribution in [-0.4, -0.2) is 50.9 Å². The van der Waals surface area contributed by atoms with Gasteiger partial charge in [-0.1, -0.05) is 55.8 Å². The van der Waals surface area contributed by atoms with Gasteiger partial charge in [-0.2, -0.15) is 0 Å². The summed E-state index contributed by atoms with van der Waals surface area (Å²) in [6, 6.07) is 20.5. The molecule has 0 radical (unpaired) electrons. The van der Waals surface area contributed by atoms with Crippen molar-refractivity contribution in [1.29, 1.82) is 0 Å². The van der Waals surface area contributed by atoms with Gasteiger partial charge >= 0.3 is 0 Å². The number of amides is 2. The first kappa shape index (κ1) is 31.0. The lowest BCUT2D eigenvalue weighted by Crippen LogP contribution is -2.53. The fraction of sp³-hybridized carbons (Fsp3) is 0.333. The van der Waals surface area contributed by atoms with Crippen molar-refractivity contribution in [2.24, 2.45) is 0 Å². The van der Waals surface area contributed by atoms with E-state index in [1.54, 1.807) is 66.7 Å². The van der Waals surface area contributed by atoms with Crippen LogP contribution in [0.4, 0.5) is 5.69 Å². The van der Waals surface area contributed by atoms with Gasteiger partial charge in [0.05, 0.1) is 17.7 Å². The number of hydrogen-bond donors (Lipinski definition) is 1. The number of halogens is 1. The molecule has 3 aromatic carbocycles. The van der Waals surface area contributed by atoms with E-state index in [1.807, 2.05) is 20.8 Å². The topological polar surface area (TPSA) is 96.0 Å². The van der Waals surface area contributed by atoms with Crippen LogP contribution in [0.5, 0.6) is 5.75 Å². The Morgan fingerprint density at radius 1 is 0.925 bits per heavy atom. The number of benzene rings is 3. The van der Waals surface area contributed by atoms with E-state index in [4.69, 9.17) is 16.3 Å². The van der Waals surface area contributed by atoms with Crippen molar-refractivity contribution in [2.75, 3.05) is 18.0 Å². The van der Waals surface area contributed by atoms with Gasteiger partial charge in [0, 0.05) is 17.6 Å². The van der Waals surface area contributed by atoms with Gasteiger partial charge in [0.1, 0.15) is 18.3 Å². The maximum atomic E-state index is 14.0. The normalized spacial score (nSPS) is 12.7. The van der Waals surface area contributed by atoms with Crippen LogP contribution in [0.3, 0.4) is 0 Å². The van der Waals surface area contributed by atoms with E-state index in [9.17, 15) is 18.0 Å². The first-order valence-electron chi connectivity index (χ1n) is 13.2. The number of anilines is 1. The second-order valence-corrected chi connectivity index (χ2v) is 11.7. The van der Waals surface area contributed by atoms with Gasteiger partial charge in [-0.3, -0.25) is 13.9 Å². The Labute approximate surface area is 241 Å². The van der Waals surface area contributed by atoms with Crippen molar-refractivity contribution in [3.8, 4) is 5.75 Å². The SMILES string of the molecule is CC[C@@H](C)NC(=O)[C@@H](CC)N(Cc1ccc(Cl)cc1)C(=O)CN(c1ccc(OC)cc1)S(=O)(=O)c1ccccc1. The number of ether oxygens (including phenoxy) is 1. The number of sulfonamides is 1. The highest BCUT2D eigenvalue weighted by Crippen LogP contribution is 2.27. The summed E-state index contributed by atoms with van der Waals surface area (Å²) in [5.74, 6) is -0.262. The second-order valence-electron chi connectivity index (χ2n) is 9.41. The van der Waals surface area contributed by atoms with Crippen LogP contribution in [-0.2, 0) is 26.2 Å². The standard InChI is InChI=1S/C30H36ClN3O5S/c1-5-22(3)32-30(36)28(6-2)33(20-23-12-14-24(31)15-13-23)29(35)21-34(25-16-18-26(39-4)19-17-25)40(37,38)27-10-8-7-9-11-27/h7-19,22,28H,5-6,20-21H2,1-4H3,(H,32,36)/t22-,28-/m1/s1. The lowest BCUT2D eigenvalue weighted by Gasteiger charge is -2.33. The molecule has 10 heteroatoms. The third-order valence-corrected chi connectivity index (χ3v) is 8.66. The van der Waals surface area contributed by atoms with Crippen molar-refractivity contribution in [3.05, 3.63) is 89.4 Å². The van der Waals surface area contributed by atoms with Crippen LogP contribution in [0.2, 0.25) is 5.02 Å². The summed E-state index contributed by atoms with van der Waals surface area (Å²) in [4.78, 5) is 28.8. The maximum Gasteiger partial charge on any atom is 0.264 e. The van der Waals surface area contributed by atoms with Gasteiger partial charge in [0.2, 0.25) is 11.8 Å². The number of carbonyl (C=O) groups is 2. The van der Waals surface area contributed by atoms with E-state index < -0.39 is 28.5 Å². The number of hydrogen-bond acceptors (Lipinski definition) is 5. The molecule has 40 heavy (non-hydrogen) atoms. The smallest absolute Gasteiger partial charge is 0.264 e. The molecule has 0 heterocycles. The van der Waals surface area contributed by atoms with E-state index in [2.05, 4.69) is 5.32 Å². The lowest BCUT2D eigenvalue weighted by molar-refractivity contribution is -0.140. The minimum absolute atomic E-state index is 0.0458. The molecule has 0 aromatic heterocycles.